The molecule has 0 saturated heterocycles. The number of amides is 1. The first-order valence-electron chi connectivity index (χ1n) is 3.70. The van der Waals surface area contributed by atoms with Gasteiger partial charge < -0.3 is 5.73 Å². The van der Waals surface area contributed by atoms with Crippen LogP contribution in [0.1, 0.15) is 15.9 Å². The Morgan fingerprint density at radius 2 is 2.00 bits per heavy atom. The molecule has 3 N–H and O–H groups in total. The van der Waals surface area contributed by atoms with Crippen LogP contribution in [-0.2, 0) is 10.1 Å². The van der Waals surface area contributed by atoms with Crippen molar-refractivity contribution in [3.8, 4) is 0 Å². The summed E-state index contributed by atoms with van der Waals surface area (Å²) in [6.07, 6.45) is 0. The lowest BCUT2D eigenvalue weighted by atomic mass is 10.1. The Balaban J connectivity index is 3.42. The van der Waals surface area contributed by atoms with Gasteiger partial charge in [0.2, 0.25) is 5.91 Å². The Morgan fingerprint density at radius 3 is 2.43 bits per heavy atom. The molecule has 0 bridgehead atoms. The van der Waals surface area contributed by atoms with Gasteiger partial charge in [-0.05, 0) is 24.6 Å². The van der Waals surface area contributed by atoms with Crippen molar-refractivity contribution in [2.24, 2.45) is 5.73 Å². The molecule has 1 aromatic rings. The largest absolute Gasteiger partial charge is 0.366 e. The lowest BCUT2D eigenvalue weighted by Gasteiger charge is -2.03. The van der Waals surface area contributed by atoms with E-state index in [9.17, 15) is 13.2 Å². The van der Waals surface area contributed by atoms with Gasteiger partial charge in [0, 0.05) is 5.56 Å². The molecule has 6 heteroatoms. The van der Waals surface area contributed by atoms with Crippen LogP contribution in [0.4, 0.5) is 0 Å². The monoisotopic (exact) mass is 215 g/mol. The summed E-state index contributed by atoms with van der Waals surface area (Å²) in [6, 6.07) is 3.66. The average molecular weight is 215 g/mol. The fraction of sp³-hybridized carbons (Fsp3) is 0.125. The minimum absolute atomic E-state index is 0.0834. The van der Waals surface area contributed by atoms with Gasteiger partial charge in [0.15, 0.2) is 0 Å². The quantitative estimate of drug-likeness (QED) is 0.695. The summed E-state index contributed by atoms with van der Waals surface area (Å²) in [5, 5.41) is 0. The highest BCUT2D eigenvalue weighted by Gasteiger charge is 2.13. The van der Waals surface area contributed by atoms with E-state index < -0.39 is 16.0 Å². The molecule has 0 fully saturated rings. The lowest BCUT2D eigenvalue weighted by molar-refractivity contribution is 0.0999. The zero-order valence-corrected chi connectivity index (χ0v) is 8.21. The number of benzene rings is 1. The van der Waals surface area contributed by atoms with E-state index in [1.54, 1.807) is 6.92 Å². The van der Waals surface area contributed by atoms with Crippen LogP contribution in [0.3, 0.4) is 0 Å². The Morgan fingerprint density at radius 1 is 1.43 bits per heavy atom. The Labute approximate surface area is 81.3 Å². The van der Waals surface area contributed by atoms with E-state index in [0.717, 1.165) is 6.07 Å². The number of carbonyl (C=O) groups is 1. The third-order valence-corrected chi connectivity index (χ3v) is 2.62. The van der Waals surface area contributed by atoms with Crippen LogP contribution in [0, 0.1) is 6.92 Å². The molecule has 76 valence electrons. The van der Waals surface area contributed by atoms with E-state index >= 15 is 0 Å². The van der Waals surface area contributed by atoms with Crippen molar-refractivity contribution in [1.29, 1.82) is 0 Å². The number of aryl methyl sites for hydroxylation is 1. The van der Waals surface area contributed by atoms with Crippen molar-refractivity contribution in [3.63, 3.8) is 0 Å². The average Bonchev–Trinajstić information content (AvgIpc) is 2.02. The summed E-state index contributed by atoms with van der Waals surface area (Å²) in [4.78, 5) is 10.5. The molecule has 0 unspecified atom stereocenters. The van der Waals surface area contributed by atoms with Crippen molar-refractivity contribution in [3.05, 3.63) is 29.3 Å². The lowest BCUT2D eigenvalue weighted by Crippen LogP contribution is -2.13. The molecule has 0 saturated carbocycles. The highest BCUT2D eigenvalue weighted by atomic mass is 32.2. The van der Waals surface area contributed by atoms with Gasteiger partial charge in [-0.1, -0.05) is 6.07 Å². The fourth-order valence-electron chi connectivity index (χ4n) is 1.03. The maximum absolute atomic E-state index is 10.8. The van der Waals surface area contributed by atoms with Crippen LogP contribution in [0.5, 0.6) is 0 Å². The van der Waals surface area contributed by atoms with Gasteiger partial charge in [0.25, 0.3) is 10.1 Å². The molecule has 1 aromatic carbocycles. The Hall–Kier alpha value is -1.40. The van der Waals surface area contributed by atoms with E-state index in [2.05, 4.69) is 0 Å². The second-order valence-corrected chi connectivity index (χ2v) is 4.24. The third kappa shape index (κ3) is 2.09. The number of hydrogen-bond acceptors (Lipinski definition) is 3. The normalized spacial score (nSPS) is 11.3. The minimum Gasteiger partial charge on any atom is -0.366 e. The van der Waals surface area contributed by atoms with Crippen molar-refractivity contribution in [1.82, 2.24) is 0 Å². The van der Waals surface area contributed by atoms with Crippen molar-refractivity contribution < 1.29 is 17.8 Å². The van der Waals surface area contributed by atoms with Gasteiger partial charge in [0.1, 0.15) is 0 Å². The predicted octanol–water partition coefficient (Wildman–Crippen LogP) is 0.341. The van der Waals surface area contributed by atoms with E-state index in [1.807, 2.05) is 0 Å². The van der Waals surface area contributed by atoms with Gasteiger partial charge in [-0.3, -0.25) is 9.35 Å². The van der Waals surface area contributed by atoms with Crippen LogP contribution in [0.25, 0.3) is 0 Å². The summed E-state index contributed by atoms with van der Waals surface area (Å²) in [5.41, 5.74) is 5.65. The molecule has 1 amide bonds. The van der Waals surface area contributed by atoms with E-state index in [4.69, 9.17) is 10.3 Å². The molecule has 5 nitrogen and oxygen atoms in total. The molecule has 0 aromatic heterocycles. The van der Waals surface area contributed by atoms with E-state index in [-0.39, 0.29) is 10.5 Å². The molecule has 0 aliphatic carbocycles. The number of rotatable bonds is 2. The third-order valence-electron chi connectivity index (χ3n) is 1.77. The van der Waals surface area contributed by atoms with Crippen molar-refractivity contribution in [2.75, 3.05) is 0 Å². The standard InChI is InChI=1S/C8H9NO4S/c1-5-2-3-6(14(11,12)13)4-7(5)8(9)10/h2-4H,1H3,(H2,9,10)(H,11,12,13). The highest BCUT2D eigenvalue weighted by molar-refractivity contribution is 7.85. The number of primary amides is 1. The minimum atomic E-state index is -4.28. The molecule has 14 heavy (non-hydrogen) atoms. The molecule has 0 atom stereocenters. The predicted molar refractivity (Wildman–Crippen MR) is 49.5 cm³/mol. The number of nitrogens with two attached hydrogens (primary N) is 1. The van der Waals surface area contributed by atoms with Gasteiger partial charge in [-0.15, -0.1) is 0 Å². The van der Waals surface area contributed by atoms with Crippen LogP contribution >= 0.6 is 0 Å². The number of hydrogen-bond donors (Lipinski definition) is 2. The molecular weight excluding hydrogens is 206 g/mol. The molecule has 0 radical (unpaired) electrons. The SMILES string of the molecule is Cc1ccc(S(=O)(=O)O)cc1C(N)=O. The first-order chi connectivity index (χ1) is 6.32. The molecule has 0 heterocycles. The molecular formula is C8H9NO4S. The van der Waals surface area contributed by atoms with E-state index in [0.29, 0.717) is 5.56 Å². The van der Waals surface area contributed by atoms with Gasteiger partial charge in [-0.2, -0.15) is 8.42 Å². The van der Waals surface area contributed by atoms with Crippen molar-refractivity contribution in [2.45, 2.75) is 11.8 Å². The fourth-order valence-corrected chi connectivity index (χ4v) is 1.53. The van der Waals surface area contributed by atoms with Crippen LogP contribution in [0.15, 0.2) is 23.1 Å². The smallest absolute Gasteiger partial charge is 0.294 e. The zero-order chi connectivity index (χ0) is 10.9. The molecule has 0 aliphatic heterocycles. The Bertz CT molecular complexity index is 478. The van der Waals surface area contributed by atoms with Crippen LogP contribution in [0.2, 0.25) is 0 Å². The molecule has 0 aliphatic rings. The summed E-state index contributed by atoms with van der Waals surface area (Å²) in [5.74, 6) is -0.729. The molecule has 1 rings (SSSR count). The van der Waals surface area contributed by atoms with Crippen molar-refractivity contribution >= 4 is 16.0 Å². The summed E-state index contributed by atoms with van der Waals surface area (Å²) in [6.45, 7) is 1.62. The van der Waals surface area contributed by atoms with Gasteiger partial charge in [-0.25, -0.2) is 0 Å². The van der Waals surface area contributed by atoms with Crippen LogP contribution < -0.4 is 5.73 Å². The van der Waals surface area contributed by atoms with Gasteiger partial charge in [0.05, 0.1) is 4.90 Å². The second-order valence-electron chi connectivity index (χ2n) is 2.82. The summed E-state index contributed by atoms with van der Waals surface area (Å²) in [7, 11) is -4.28. The Kier molecular flexibility index (Phi) is 2.59. The van der Waals surface area contributed by atoms with Crippen LogP contribution in [-0.4, -0.2) is 18.9 Å². The first kappa shape index (κ1) is 10.7. The second kappa shape index (κ2) is 3.39. The maximum atomic E-state index is 10.8. The summed E-state index contributed by atoms with van der Waals surface area (Å²) >= 11 is 0. The first-order valence-corrected chi connectivity index (χ1v) is 5.14. The maximum Gasteiger partial charge on any atom is 0.294 e. The summed E-state index contributed by atoms with van der Waals surface area (Å²) < 4.78 is 30.2. The topological polar surface area (TPSA) is 97.5 Å². The van der Waals surface area contributed by atoms with Gasteiger partial charge >= 0.3 is 0 Å². The zero-order valence-electron chi connectivity index (χ0n) is 7.39. The highest BCUT2D eigenvalue weighted by Crippen LogP contribution is 2.14. The van der Waals surface area contributed by atoms with E-state index in [1.165, 1.54) is 12.1 Å². The molecule has 0 spiro atoms. The number of carbonyl (C=O) groups excluding carboxylic acids is 1.